The quantitative estimate of drug-likeness (QED) is 0.912. The minimum absolute atomic E-state index is 0.0654. The van der Waals surface area contributed by atoms with E-state index in [1.165, 1.54) is 0 Å². The van der Waals surface area contributed by atoms with Crippen molar-refractivity contribution in [2.45, 2.75) is 39.3 Å². The van der Waals surface area contributed by atoms with Crippen LogP contribution in [-0.2, 0) is 6.54 Å². The minimum atomic E-state index is -0.193. The van der Waals surface area contributed by atoms with Crippen LogP contribution < -0.4 is 0 Å². The molecule has 1 aromatic rings. The Labute approximate surface area is 121 Å². The van der Waals surface area contributed by atoms with Crippen molar-refractivity contribution in [3.63, 3.8) is 0 Å². The van der Waals surface area contributed by atoms with Crippen LogP contribution in [0.15, 0.2) is 24.3 Å². The van der Waals surface area contributed by atoms with Crippen LogP contribution in [0.1, 0.15) is 32.3 Å². The fraction of sp³-hybridized carbons (Fsp3) is 0.625. The minimum Gasteiger partial charge on any atom is -0.392 e. The van der Waals surface area contributed by atoms with E-state index >= 15 is 0 Å². The SMILES string of the molecule is CN(Cc1ccccc1Cl)CC1CCC(C)(C)C1O. The zero-order valence-corrected chi connectivity index (χ0v) is 12.8. The van der Waals surface area contributed by atoms with Crippen LogP contribution in [0.3, 0.4) is 0 Å². The van der Waals surface area contributed by atoms with Crippen LogP contribution in [0.25, 0.3) is 0 Å². The van der Waals surface area contributed by atoms with Crippen molar-refractivity contribution < 1.29 is 5.11 Å². The smallest absolute Gasteiger partial charge is 0.0631 e. The summed E-state index contributed by atoms with van der Waals surface area (Å²) in [5, 5.41) is 11.2. The topological polar surface area (TPSA) is 23.5 Å². The van der Waals surface area contributed by atoms with Crippen LogP contribution in [0.2, 0.25) is 5.02 Å². The Kier molecular flexibility index (Phi) is 4.54. The Morgan fingerprint density at radius 3 is 2.63 bits per heavy atom. The molecule has 2 atom stereocenters. The largest absolute Gasteiger partial charge is 0.392 e. The number of aliphatic hydroxyl groups excluding tert-OH is 1. The molecule has 19 heavy (non-hydrogen) atoms. The molecule has 1 saturated carbocycles. The van der Waals surface area contributed by atoms with Gasteiger partial charge in [0.25, 0.3) is 0 Å². The normalized spacial score (nSPS) is 26.0. The van der Waals surface area contributed by atoms with Gasteiger partial charge in [0.2, 0.25) is 0 Å². The standard InChI is InChI=1S/C16H24ClNO/c1-16(2)9-8-13(15(16)19)11-18(3)10-12-6-4-5-7-14(12)17/h4-7,13,15,19H,8-11H2,1-3H3. The Balaban J connectivity index is 1.92. The van der Waals surface area contributed by atoms with E-state index < -0.39 is 0 Å². The Bertz CT molecular complexity index is 433. The Morgan fingerprint density at radius 2 is 2.05 bits per heavy atom. The lowest BCUT2D eigenvalue weighted by atomic mass is 9.87. The highest BCUT2D eigenvalue weighted by Gasteiger charge is 2.40. The van der Waals surface area contributed by atoms with E-state index in [-0.39, 0.29) is 11.5 Å². The van der Waals surface area contributed by atoms with Gasteiger partial charge in [0.1, 0.15) is 0 Å². The van der Waals surface area contributed by atoms with Gasteiger partial charge in [-0.1, -0.05) is 43.6 Å². The summed E-state index contributed by atoms with van der Waals surface area (Å²) < 4.78 is 0. The summed E-state index contributed by atoms with van der Waals surface area (Å²) in [6, 6.07) is 7.96. The molecule has 1 aromatic carbocycles. The molecule has 0 bridgehead atoms. The predicted molar refractivity (Wildman–Crippen MR) is 80.3 cm³/mol. The maximum atomic E-state index is 10.3. The molecule has 1 fully saturated rings. The molecule has 0 spiro atoms. The molecule has 0 aromatic heterocycles. The molecular formula is C16H24ClNO. The predicted octanol–water partition coefficient (Wildman–Crippen LogP) is 3.57. The van der Waals surface area contributed by atoms with Crippen molar-refractivity contribution in [2.75, 3.05) is 13.6 Å². The second-order valence-electron chi connectivity index (χ2n) is 6.52. The van der Waals surface area contributed by atoms with E-state index in [0.717, 1.165) is 36.5 Å². The van der Waals surface area contributed by atoms with Crippen molar-refractivity contribution in [1.82, 2.24) is 4.90 Å². The fourth-order valence-electron chi connectivity index (χ4n) is 3.07. The van der Waals surface area contributed by atoms with Crippen LogP contribution in [-0.4, -0.2) is 29.7 Å². The number of benzene rings is 1. The van der Waals surface area contributed by atoms with Gasteiger partial charge < -0.3 is 10.0 Å². The average molecular weight is 282 g/mol. The van der Waals surface area contributed by atoms with Crippen LogP contribution in [0.5, 0.6) is 0 Å². The monoisotopic (exact) mass is 281 g/mol. The maximum absolute atomic E-state index is 10.3. The third kappa shape index (κ3) is 3.50. The molecule has 0 aliphatic heterocycles. The van der Waals surface area contributed by atoms with Gasteiger partial charge in [-0.15, -0.1) is 0 Å². The van der Waals surface area contributed by atoms with Gasteiger partial charge in [0.15, 0.2) is 0 Å². The van der Waals surface area contributed by atoms with Gasteiger partial charge in [-0.2, -0.15) is 0 Å². The molecule has 3 heteroatoms. The Morgan fingerprint density at radius 1 is 1.37 bits per heavy atom. The van der Waals surface area contributed by atoms with Crippen LogP contribution >= 0.6 is 11.6 Å². The van der Waals surface area contributed by atoms with Gasteiger partial charge in [-0.05, 0) is 42.9 Å². The second kappa shape index (κ2) is 5.82. The van der Waals surface area contributed by atoms with E-state index in [0.29, 0.717) is 5.92 Å². The van der Waals surface area contributed by atoms with E-state index in [4.69, 9.17) is 11.6 Å². The number of nitrogens with zero attached hydrogens (tertiary/aromatic N) is 1. The zero-order chi connectivity index (χ0) is 14.0. The molecule has 2 rings (SSSR count). The highest BCUT2D eigenvalue weighted by atomic mass is 35.5. The number of aliphatic hydroxyl groups is 1. The first-order valence-electron chi connectivity index (χ1n) is 7.00. The molecular weight excluding hydrogens is 258 g/mol. The number of rotatable bonds is 4. The first-order valence-corrected chi connectivity index (χ1v) is 7.38. The fourth-order valence-corrected chi connectivity index (χ4v) is 3.27. The first-order chi connectivity index (χ1) is 8.90. The zero-order valence-electron chi connectivity index (χ0n) is 12.1. The maximum Gasteiger partial charge on any atom is 0.0631 e. The second-order valence-corrected chi connectivity index (χ2v) is 6.93. The lowest BCUT2D eigenvalue weighted by Gasteiger charge is -2.28. The van der Waals surface area contributed by atoms with Gasteiger partial charge in [-0.25, -0.2) is 0 Å². The van der Waals surface area contributed by atoms with Crippen molar-refractivity contribution >= 4 is 11.6 Å². The summed E-state index contributed by atoms with van der Waals surface area (Å²) >= 11 is 6.18. The first kappa shape index (κ1) is 14.8. The molecule has 2 nitrogen and oxygen atoms in total. The van der Waals surface area contributed by atoms with Crippen LogP contribution in [0, 0.1) is 11.3 Å². The average Bonchev–Trinajstić information content (AvgIpc) is 2.59. The summed E-state index contributed by atoms with van der Waals surface area (Å²) in [6.45, 7) is 6.08. The third-order valence-electron chi connectivity index (χ3n) is 4.35. The van der Waals surface area contributed by atoms with Gasteiger partial charge in [0, 0.05) is 18.1 Å². The summed E-state index contributed by atoms with van der Waals surface area (Å²) in [4.78, 5) is 2.26. The molecule has 0 heterocycles. The van der Waals surface area contributed by atoms with Crippen molar-refractivity contribution in [1.29, 1.82) is 0 Å². The number of hydrogen-bond donors (Lipinski definition) is 1. The highest BCUT2D eigenvalue weighted by molar-refractivity contribution is 6.31. The lowest BCUT2D eigenvalue weighted by Crippen LogP contribution is -2.34. The van der Waals surface area contributed by atoms with E-state index in [9.17, 15) is 5.11 Å². The van der Waals surface area contributed by atoms with Crippen LogP contribution in [0.4, 0.5) is 0 Å². The molecule has 0 saturated heterocycles. The van der Waals surface area contributed by atoms with Gasteiger partial charge in [-0.3, -0.25) is 0 Å². The molecule has 1 N–H and O–H groups in total. The molecule has 0 amide bonds. The van der Waals surface area contributed by atoms with E-state index in [2.05, 4.69) is 31.9 Å². The highest BCUT2D eigenvalue weighted by Crippen LogP contribution is 2.41. The summed E-state index contributed by atoms with van der Waals surface area (Å²) in [6.07, 6.45) is 2.03. The molecule has 1 aliphatic rings. The lowest BCUT2D eigenvalue weighted by molar-refractivity contribution is 0.0348. The number of halogens is 1. The number of hydrogen-bond acceptors (Lipinski definition) is 2. The Hall–Kier alpha value is -0.570. The third-order valence-corrected chi connectivity index (χ3v) is 4.72. The van der Waals surface area contributed by atoms with E-state index in [1.807, 2.05) is 18.2 Å². The van der Waals surface area contributed by atoms with Crippen molar-refractivity contribution in [2.24, 2.45) is 11.3 Å². The van der Waals surface area contributed by atoms with Crippen molar-refractivity contribution in [3.05, 3.63) is 34.9 Å². The van der Waals surface area contributed by atoms with Crippen molar-refractivity contribution in [3.8, 4) is 0 Å². The van der Waals surface area contributed by atoms with Gasteiger partial charge in [0.05, 0.1) is 6.10 Å². The molecule has 106 valence electrons. The van der Waals surface area contributed by atoms with Gasteiger partial charge >= 0.3 is 0 Å². The molecule has 2 unspecified atom stereocenters. The van der Waals surface area contributed by atoms with E-state index in [1.54, 1.807) is 0 Å². The molecule has 1 aliphatic carbocycles. The summed E-state index contributed by atoms with van der Waals surface area (Å²) in [5.74, 6) is 0.377. The molecule has 0 radical (unpaired) electrons. The summed E-state index contributed by atoms with van der Waals surface area (Å²) in [5.41, 5.74) is 1.22. The summed E-state index contributed by atoms with van der Waals surface area (Å²) in [7, 11) is 2.10.